The molecule has 6 heteroatoms. The molecule has 0 atom stereocenters. The van der Waals surface area contributed by atoms with Crippen molar-refractivity contribution >= 4 is 35.0 Å². The maximum absolute atomic E-state index is 6.58. The van der Waals surface area contributed by atoms with Crippen LogP contribution in [0.25, 0.3) is 22.4 Å². The van der Waals surface area contributed by atoms with Gasteiger partial charge in [0.2, 0.25) is 0 Å². The number of pyridine rings is 1. The second kappa shape index (κ2) is 10.1. The van der Waals surface area contributed by atoms with Crippen LogP contribution in [0.2, 0.25) is 5.02 Å². The van der Waals surface area contributed by atoms with E-state index in [0.29, 0.717) is 6.54 Å². The standard InChI is InChI=1S/C30H27ClN4O/c31-28-8-4-3-6-25(28)24-5-1-2-7-26(24)29-19-21-13-14-32-20-27(21)30(34-29)33-22-9-11-23(12-10-22)35-15-17-36-18-16-35/h1-12,14,19H,13,15-18,20H2,(H,33,34). The molecule has 0 saturated carbocycles. The number of rotatable bonds is 5. The minimum absolute atomic E-state index is 0.628. The number of hydrogen-bond donors (Lipinski definition) is 1. The maximum atomic E-state index is 6.58. The highest BCUT2D eigenvalue weighted by Gasteiger charge is 2.18. The van der Waals surface area contributed by atoms with E-state index in [4.69, 9.17) is 21.3 Å². The lowest BCUT2D eigenvalue weighted by atomic mass is 9.94. The normalized spacial score (nSPS) is 15.0. The van der Waals surface area contributed by atoms with Crippen molar-refractivity contribution in [3.8, 4) is 22.4 Å². The van der Waals surface area contributed by atoms with Gasteiger partial charge >= 0.3 is 0 Å². The minimum atomic E-state index is 0.628. The molecule has 2 aliphatic rings. The van der Waals surface area contributed by atoms with E-state index in [1.54, 1.807) is 0 Å². The Labute approximate surface area is 216 Å². The summed E-state index contributed by atoms with van der Waals surface area (Å²) in [6.45, 7) is 4.03. The number of halogens is 1. The van der Waals surface area contributed by atoms with Crippen LogP contribution in [0.15, 0.2) is 83.9 Å². The molecule has 0 aliphatic carbocycles. The van der Waals surface area contributed by atoms with E-state index >= 15 is 0 Å². The van der Waals surface area contributed by atoms with Crippen LogP contribution in [0.3, 0.4) is 0 Å². The van der Waals surface area contributed by atoms with E-state index in [0.717, 1.165) is 77.2 Å². The van der Waals surface area contributed by atoms with Crippen LogP contribution in [-0.2, 0) is 17.7 Å². The van der Waals surface area contributed by atoms with Crippen LogP contribution in [0.5, 0.6) is 0 Å². The lowest BCUT2D eigenvalue weighted by Gasteiger charge is -2.29. The molecule has 36 heavy (non-hydrogen) atoms. The molecule has 1 aromatic heterocycles. The summed E-state index contributed by atoms with van der Waals surface area (Å²) in [4.78, 5) is 12.0. The van der Waals surface area contributed by atoms with E-state index < -0.39 is 0 Å². The zero-order valence-electron chi connectivity index (χ0n) is 20.0. The van der Waals surface area contributed by atoms with E-state index in [1.165, 1.54) is 11.3 Å². The van der Waals surface area contributed by atoms with Crippen molar-refractivity contribution in [2.45, 2.75) is 13.0 Å². The highest BCUT2D eigenvalue weighted by Crippen LogP contribution is 2.37. The second-order valence-electron chi connectivity index (χ2n) is 9.02. The molecule has 6 rings (SSSR count). The Bertz CT molecular complexity index is 1410. The van der Waals surface area contributed by atoms with Gasteiger partial charge < -0.3 is 15.0 Å². The second-order valence-corrected chi connectivity index (χ2v) is 9.43. The van der Waals surface area contributed by atoms with Crippen LogP contribution in [0.4, 0.5) is 17.2 Å². The number of aromatic nitrogens is 1. The molecule has 5 nitrogen and oxygen atoms in total. The summed E-state index contributed by atoms with van der Waals surface area (Å²) in [5, 5.41) is 4.32. The molecule has 4 aromatic rings. The monoisotopic (exact) mass is 494 g/mol. The van der Waals surface area contributed by atoms with Gasteiger partial charge in [0.05, 0.1) is 25.5 Å². The summed E-state index contributed by atoms with van der Waals surface area (Å²) in [6.07, 6.45) is 2.79. The fourth-order valence-electron chi connectivity index (χ4n) is 4.88. The summed E-state index contributed by atoms with van der Waals surface area (Å²) in [5.41, 5.74) is 8.67. The lowest BCUT2D eigenvalue weighted by molar-refractivity contribution is 0.122. The van der Waals surface area contributed by atoms with Crippen LogP contribution < -0.4 is 10.2 Å². The first-order valence-electron chi connectivity index (χ1n) is 12.3. The molecule has 0 spiro atoms. The first-order valence-corrected chi connectivity index (χ1v) is 12.7. The van der Waals surface area contributed by atoms with Gasteiger partial charge in [0, 0.05) is 58.8 Å². The molecule has 180 valence electrons. The van der Waals surface area contributed by atoms with Gasteiger partial charge in [0.1, 0.15) is 5.82 Å². The summed E-state index contributed by atoms with van der Waals surface area (Å²) in [5.74, 6) is 0.854. The van der Waals surface area contributed by atoms with Gasteiger partial charge in [-0.05, 0) is 47.5 Å². The summed E-state index contributed by atoms with van der Waals surface area (Å²) >= 11 is 6.58. The Morgan fingerprint density at radius 3 is 2.33 bits per heavy atom. The maximum Gasteiger partial charge on any atom is 0.136 e. The molecule has 0 amide bonds. The van der Waals surface area contributed by atoms with Crippen molar-refractivity contribution in [3.05, 3.63) is 95.0 Å². The number of anilines is 3. The predicted molar refractivity (Wildman–Crippen MR) is 149 cm³/mol. The van der Waals surface area contributed by atoms with E-state index in [9.17, 15) is 0 Å². The van der Waals surface area contributed by atoms with Crippen molar-refractivity contribution in [3.63, 3.8) is 0 Å². The predicted octanol–water partition coefficient (Wildman–Crippen LogP) is 6.78. The number of aliphatic imine (C=N–C) groups is 1. The molecular weight excluding hydrogens is 468 g/mol. The van der Waals surface area contributed by atoms with Crippen molar-refractivity contribution in [1.82, 2.24) is 4.98 Å². The molecule has 0 bridgehead atoms. The molecule has 0 unspecified atom stereocenters. The highest BCUT2D eigenvalue weighted by atomic mass is 35.5. The quantitative estimate of drug-likeness (QED) is 0.332. The fraction of sp³-hybridized carbons (Fsp3) is 0.200. The molecule has 0 radical (unpaired) electrons. The number of benzene rings is 3. The van der Waals surface area contributed by atoms with Crippen LogP contribution in [-0.4, -0.2) is 37.5 Å². The van der Waals surface area contributed by atoms with Gasteiger partial charge in [0.25, 0.3) is 0 Å². The number of ether oxygens (including phenoxy) is 1. The van der Waals surface area contributed by atoms with Gasteiger partial charge in [0.15, 0.2) is 0 Å². The van der Waals surface area contributed by atoms with Crippen molar-refractivity contribution in [1.29, 1.82) is 0 Å². The number of nitrogens with zero attached hydrogens (tertiary/aromatic N) is 3. The third kappa shape index (κ3) is 4.60. The molecular formula is C30H27ClN4O. The Morgan fingerprint density at radius 2 is 1.56 bits per heavy atom. The molecule has 1 fully saturated rings. The van der Waals surface area contributed by atoms with Crippen molar-refractivity contribution in [2.24, 2.45) is 4.99 Å². The van der Waals surface area contributed by atoms with Gasteiger partial charge in [-0.2, -0.15) is 0 Å². The molecule has 3 heterocycles. The third-order valence-electron chi connectivity index (χ3n) is 6.78. The summed E-state index contributed by atoms with van der Waals surface area (Å²) in [6, 6.07) is 27.0. The number of fused-ring (bicyclic) bond motifs is 1. The molecule has 1 saturated heterocycles. The summed E-state index contributed by atoms with van der Waals surface area (Å²) < 4.78 is 5.49. The minimum Gasteiger partial charge on any atom is -0.378 e. The largest absolute Gasteiger partial charge is 0.378 e. The zero-order valence-corrected chi connectivity index (χ0v) is 20.7. The smallest absolute Gasteiger partial charge is 0.136 e. The van der Waals surface area contributed by atoms with Gasteiger partial charge in [-0.1, -0.05) is 54.1 Å². The topological polar surface area (TPSA) is 49.8 Å². The highest BCUT2D eigenvalue weighted by molar-refractivity contribution is 6.33. The first kappa shape index (κ1) is 22.8. The zero-order chi connectivity index (χ0) is 24.3. The third-order valence-corrected chi connectivity index (χ3v) is 7.11. The van der Waals surface area contributed by atoms with Gasteiger partial charge in [-0.25, -0.2) is 4.98 Å². The van der Waals surface area contributed by atoms with E-state index in [1.807, 2.05) is 30.5 Å². The Hall–Kier alpha value is -3.67. The van der Waals surface area contributed by atoms with Crippen LogP contribution in [0, 0.1) is 0 Å². The first-order chi connectivity index (χ1) is 17.8. The Balaban J connectivity index is 1.37. The van der Waals surface area contributed by atoms with Crippen LogP contribution in [0.1, 0.15) is 11.1 Å². The molecule has 2 aliphatic heterocycles. The Morgan fingerprint density at radius 1 is 0.833 bits per heavy atom. The average Bonchev–Trinajstić information content (AvgIpc) is 2.94. The van der Waals surface area contributed by atoms with Crippen LogP contribution >= 0.6 is 11.6 Å². The fourth-order valence-corrected chi connectivity index (χ4v) is 5.12. The number of nitrogens with one attached hydrogen (secondary N) is 1. The number of morpholine rings is 1. The van der Waals surface area contributed by atoms with Crippen molar-refractivity contribution < 1.29 is 4.74 Å². The molecule has 3 aromatic carbocycles. The van der Waals surface area contributed by atoms with E-state index in [-0.39, 0.29) is 0 Å². The lowest BCUT2D eigenvalue weighted by Crippen LogP contribution is -2.36. The van der Waals surface area contributed by atoms with E-state index in [2.05, 4.69) is 69.8 Å². The Kier molecular flexibility index (Phi) is 6.41. The average molecular weight is 495 g/mol. The van der Waals surface area contributed by atoms with Gasteiger partial charge in [-0.3, -0.25) is 4.99 Å². The van der Waals surface area contributed by atoms with Gasteiger partial charge in [-0.15, -0.1) is 0 Å². The van der Waals surface area contributed by atoms with Crippen molar-refractivity contribution in [2.75, 3.05) is 36.5 Å². The summed E-state index contributed by atoms with van der Waals surface area (Å²) in [7, 11) is 0. The number of hydrogen-bond acceptors (Lipinski definition) is 5. The molecule has 1 N–H and O–H groups in total. The SMILES string of the molecule is Clc1ccccc1-c1ccccc1-c1cc2c(c(Nc3ccc(N4CCOCC4)cc3)n1)CN=CC2.